The van der Waals surface area contributed by atoms with E-state index < -0.39 is 0 Å². The van der Waals surface area contributed by atoms with Crippen LogP contribution in [-0.4, -0.2) is 32.8 Å². The van der Waals surface area contributed by atoms with Gasteiger partial charge in [-0.2, -0.15) is 0 Å². The molecule has 0 aromatic heterocycles. The number of benzene rings is 1. The summed E-state index contributed by atoms with van der Waals surface area (Å²) < 4.78 is 10.4. The van der Waals surface area contributed by atoms with Gasteiger partial charge >= 0.3 is 0 Å². The standard InChI is InChI=1S/C14H18ClN3O2.HI/c1-19-13-5-4-11(7-12(13)15)18-14(16)17-8-10-3-2-6-20-9-10;/h3-5,7H,2,6,8-9H2,1H3,(H3,16,17,18);1H. The third-order valence-corrected chi connectivity index (χ3v) is 3.15. The van der Waals surface area contributed by atoms with Crippen LogP contribution in [0.2, 0.25) is 5.02 Å². The van der Waals surface area contributed by atoms with E-state index in [1.165, 1.54) is 0 Å². The van der Waals surface area contributed by atoms with Crippen LogP contribution >= 0.6 is 35.6 Å². The number of ether oxygens (including phenoxy) is 2. The van der Waals surface area contributed by atoms with Crippen molar-refractivity contribution in [3.63, 3.8) is 0 Å². The molecular formula is C14H19ClIN3O2. The number of rotatable bonds is 4. The zero-order valence-corrected chi connectivity index (χ0v) is 14.9. The third kappa shape index (κ3) is 5.72. The van der Waals surface area contributed by atoms with Crippen molar-refractivity contribution >= 4 is 47.2 Å². The summed E-state index contributed by atoms with van der Waals surface area (Å²) in [5.74, 6) is 0.968. The van der Waals surface area contributed by atoms with Crippen molar-refractivity contribution in [1.82, 2.24) is 0 Å². The molecular weight excluding hydrogens is 405 g/mol. The van der Waals surface area contributed by atoms with Crippen LogP contribution in [-0.2, 0) is 4.74 Å². The maximum Gasteiger partial charge on any atom is 0.193 e. The Morgan fingerprint density at radius 3 is 2.95 bits per heavy atom. The molecule has 0 spiro atoms. The fraction of sp³-hybridized carbons (Fsp3) is 0.357. The van der Waals surface area contributed by atoms with Gasteiger partial charge < -0.3 is 20.5 Å². The molecule has 1 aromatic carbocycles. The van der Waals surface area contributed by atoms with Crippen molar-refractivity contribution < 1.29 is 9.47 Å². The number of hydrogen-bond donors (Lipinski definition) is 2. The summed E-state index contributed by atoms with van der Waals surface area (Å²) >= 11 is 6.04. The van der Waals surface area contributed by atoms with Crippen LogP contribution in [0.15, 0.2) is 34.8 Å². The van der Waals surface area contributed by atoms with Gasteiger partial charge in [0.05, 0.1) is 31.9 Å². The predicted molar refractivity (Wildman–Crippen MR) is 97.1 cm³/mol. The van der Waals surface area contributed by atoms with Crippen molar-refractivity contribution in [2.45, 2.75) is 6.42 Å². The Kier molecular flexibility index (Phi) is 7.84. The van der Waals surface area contributed by atoms with Gasteiger partial charge in [0, 0.05) is 5.69 Å². The van der Waals surface area contributed by atoms with Crippen molar-refractivity contribution in [1.29, 1.82) is 0 Å². The Labute approximate surface area is 146 Å². The van der Waals surface area contributed by atoms with Crippen molar-refractivity contribution in [3.05, 3.63) is 34.9 Å². The molecule has 5 nitrogen and oxygen atoms in total. The molecule has 0 fully saturated rings. The predicted octanol–water partition coefficient (Wildman–Crippen LogP) is 3.04. The van der Waals surface area contributed by atoms with Gasteiger partial charge in [-0.3, -0.25) is 0 Å². The molecule has 3 N–H and O–H groups in total. The maximum absolute atomic E-state index is 6.04. The second-order valence-electron chi connectivity index (χ2n) is 4.38. The number of aliphatic imine (C=N–C) groups is 1. The van der Waals surface area contributed by atoms with E-state index in [-0.39, 0.29) is 24.0 Å². The average Bonchev–Trinajstić information content (AvgIpc) is 2.46. The van der Waals surface area contributed by atoms with E-state index in [0.717, 1.165) is 24.3 Å². The van der Waals surface area contributed by atoms with E-state index in [0.29, 0.717) is 29.9 Å². The molecule has 1 heterocycles. The summed E-state index contributed by atoms with van der Waals surface area (Å²) in [5.41, 5.74) is 7.76. The summed E-state index contributed by atoms with van der Waals surface area (Å²) in [6.07, 6.45) is 3.08. The molecule has 0 aliphatic carbocycles. The molecule has 116 valence electrons. The highest BCUT2D eigenvalue weighted by Gasteiger charge is 2.04. The fourth-order valence-electron chi connectivity index (χ4n) is 1.84. The van der Waals surface area contributed by atoms with Crippen molar-refractivity contribution in [2.24, 2.45) is 10.7 Å². The Morgan fingerprint density at radius 1 is 1.52 bits per heavy atom. The maximum atomic E-state index is 6.04. The van der Waals surface area contributed by atoms with Crippen LogP contribution in [0.25, 0.3) is 0 Å². The van der Waals surface area contributed by atoms with Gasteiger partial charge in [-0.1, -0.05) is 17.7 Å². The highest BCUT2D eigenvalue weighted by Crippen LogP contribution is 2.27. The summed E-state index contributed by atoms with van der Waals surface area (Å²) in [6, 6.07) is 5.34. The van der Waals surface area contributed by atoms with Crippen LogP contribution < -0.4 is 15.8 Å². The molecule has 0 saturated heterocycles. The minimum Gasteiger partial charge on any atom is -0.495 e. The average molecular weight is 424 g/mol. The van der Waals surface area contributed by atoms with E-state index in [1.54, 1.807) is 19.2 Å². The summed E-state index contributed by atoms with van der Waals surface area (Å²) in [5, 5.41) is 3.52. The Hall–Kier alpha value is -0.990. The molecule has 0 saturated carbocycles. The minimum absolute atomic E-state index is 0. The lowest BCUT2D eigenvalue weighted by atomic mass is 10.2. The number of anilines is 1. The number of halogens is 2. The van der Waals surface area contributed by atoms with Gasteiger partial charge in [-0.15, -0.1) is 24.0 Å². The van der Waals surface area contributed by atoms with Gasteiger partial charge in [-0.05, 0) is 30.2 Å². The van der Waals surface area contributed by atoms with Gasteiger partial charge in [0.15, 0.2) is 5.96 Å². The Balaban J connectivity index is 0.00000220. The van der Waals surface area contributed by atoms with Crippen molar-refractivity contribution in [2.75, 3.05) is 32.2 Å². The first-order chi connectivity index (χ1) is 9.69. The molecule has 21 heavy (non-hydrogen) atoms. The minimum atomic E-state index is 0. The molecule has 0 bridgehead atoms. The highest BCUT2D eigenvalue weighted by atomic mass is 127. The summed E-state index contributed by atoms with van der Waals surface area (Å²) in [7, 11) is 1.57. The molecule has 0 radical (unpaired) electrons. The number of hydrogen-bond acceptors (Lipinski definition) is 3. The zero-order chi connectivity index (χ0) is 14.4. The van der Waals surface area contributed by atoms with Crippen LogP contribution in [0.5, 0.6) is 5.75 Å². The van der Waals surface area contributed by atoms with E-state index in [4.69, 9.17) is 26.8 Å². The molecule has 1 aliphatic heterocycles. The van der Waals surface area contributed by atoms with Gasteiger partial charge in [-0.25, -0.2) is 4.99 Å². The third-order valence-electron chi connectivity index (χ3n) is 2.86. The van der Waals surface area contributed by atoms with Crippen molar-refractivity contribution in [3.8, 4) is 5.75 Å². The zero-order valence-electron chi connectivity index (χ0n) is 11.8. The van der Waals surface area contributed by atoms with Crippen LogP contribution in [0.1, 0.15) is 6.42 Å². The fourth-order valence-corrected chi connectivity index (χ4v) is 2.09. The molecule has 0 amide bonds. The lowest BCUT2D eigenvalue weighted by molar-refractivity contribution is 0.150. The molecule has 2 rings (SSSR count). The van der Waals surface area contributed by atoms with Gasteiger partial charge in [0.1, 0.15) is 5.75 Å². The largest absolute Gasteiger partial charge is 0.495 e. The second-order valence-corrected chi connectivity index (χ2v) is 4.79. The number of guanidine groups is 1. The topological polar surface area (TPSA) is 68.9 Å². The summed E-state index contributed by atoms with van der Waals surface area (Å²) in [6.45, 7) is 1.96. The molecule has 1 aromatic rings. The van der Waals surface area contributed by atoms with Crippen LogP contribution in [0.4, 0.5) is 5.69 Å². The number of methoxy groups -OCH3 is 1. The monoisotopic (exact) mass is 423 g/mol. The Morgan fingerprint density at radius 2 is 2.33 bits per heavy atom. The van der Waals surface area contributed by atoms with Gasteiger partial charge in [0.2, 0.25) is 0 Å². The molecule has 7 heteroatoms. The first-order valence-electron chi connectivity index (χ1n) is 6.35. The normalized spacial score (nSPS) is 15.0. The van der Waals surface area contributed by atoms with E-state index >= 15 is 0 Å². The molecule has 0 atom stereocenters. The first kappa shape index (κ1) is 18.1. The molecule has 0 unspecified atom stereocenters. The quantitative estimate of drug-likeness (QED) is 0.338. The molecule has 1 aliphatic rings. The lowest BCUT2D eigenvalue weighted by Crippen LogP contribution is -2.23. The number of nitrogens with two attached hydrogens (primary N) is 1. The van der Waals surface area contributed by atoms with Gasteiger partial charge in [0.25, 0.3) is 0 Å². The van der Waals surface area contributed by atoms with E-state index in [2.05, 4.69) is 16.4 Å². The van der Waals surface area contributed by atoms with E-state index in [1.807, 2.05) is 6.07 Å². The first-order valence-corrected chi connectivity index (χ1v) is 6.73. The SMILES string of the molecule is COc1ccc(NC(N)=NCC2=CCCOC2)cc1Cl.I. The van der Waals surface area contributed by atoms with E-state index in [9.17, 15) is 0 Å². The Bertz CT molecular complexity index is 535. The summed E-state index contributed by atoms with van der Waals surface area (Å²) in [4.78, 5) is 4.28. The van der Waals surface area contributed by atoms with Crippen LogP contribution in [0, 0.1) is 0 Å². The smallest absolute Gasteiger partial charge is 0.193 e. The highest BCUT2D eigenvalue weighted by molar-refractivity contribution is 14.0. The van der Waals surface area contributed by atoms with Crippen LogP contribution in [0.3, 0.4) is 0 Å². The number of nitrogens with zero attached hydrogens (tertiary/aromatic N) is 1. The second kappa shape index (κ2) is 9.11. The lowest BCUT2D eigenvalue weighted by Gasteiger charge is -2.12. The number of nitrogens with one attached hydrogen (secondary N) is 1.